The van der Waals surface area contributed by atoms with Crippen LogP contribution in [0.2, 0.25) is 5.02 Å². The van der Waals surface area contributed by atoms with Crippen molar-refractivity contribution in [1.29, 1.82) is 0 Å². The Morgan fingerprint density at radius 3 is 2.48 bits per heavy atom. The molecule has 1 amide bonds. The lowest BCUT2D eigenvalue weighted by Gasteiger charge is -2.27. The third-order valence-electron chi connectivity index (χ3n) is 4.85. The fourth-order valence-corrected chi connectivity index (χ4v) is 4.53. The number of carbonyl (C=O) groups is 2. The molecule has 0 saturated heterocycles. The van der Waals surface area contributed by atoms with E-state index >= 15 is 0 Å². The number of aliphatic hydroxyl groups excluding tert-OH is 1. The minimum absolute atomic E-state index is 0.105. The van der Waals surface area contributed by atoms with Gasteiger partial charge in [-0.25, -0.2) is 4.98 Å². The number of hydrogen-bond donors (Lipinski definition) is 1. The van der Waals surface area contributed by atoms with E-state index in [1.165, 1.54) is 11.3 Å². The number of amides is 1. The number of aryl methyl sites for hydroxylation is 2. The molecule has 0 saturated carbocycles. The zero-order valence-electron chi connectivity index (χ0n) is 16.9. The molecule has 1 atom stereocenters. The van der Waals surface area contributed by atoms with E-state index in [1.54, 1.807) is 36.1 Å². The zero-order chi connectivity index (χ0) is 21.3. The van der Waals surface area contributed by atoms with E-state index in [0.717, 1.165) is 23.5 Å². The quantitative estimate of drug-likeness (QED) is 0.669. The van der Waals surface area contributed by atoms with Crippen LogP contribution in [-0.2, 0) is 4.79 Å². The molecule has 0 spiro atoms. The number of Topliss-reactive ketones (excluding diaryl/α,β-unsaturated/α-hetero) is 1. The molecule has 0 unspecified atom stereocenters. The number of rotatable bonds is 7. The lowest BCUT2D eigenvalue weighted by molar-refractivity contribution is -0.129. The number of benzene rings is 1. The van der Waals surface area contributed by atoms with Crippen LogP contribution in [0.15, 0.2) is 35.6 Å². The molecule has 1 aromatic heterocycles. The Bertz CT molecular complexity index is 966. The van der Waals surface area contributed by atoms with E-state index in [1.807, 2.05) is 25.9 Å². The summed E-state index contributed by atoms with van der Waals surface area (Å²) in [6.07, 6.45) is 0.719. The van der Waals surface area contributed by atoms with Gasteiger partial charge in [-0.1, -0.05) is 23.7 Å². The van der Waals surface area contributed by atoms with Crippen molar-refractivity contribution in [3.63, 3.8) is 0 Å². The molecular formula is C21H24ClN3O3S. The van der Waals surface area contributed by atoms with E-state index < -0.39 is 17.7 Å². The lowest BCUT2D eigenvalue weighted by Crippen LogP contribution is -2.33. The van der Waals surface area contributed by atoms with Crippen molar-refractivity contribution in [3.05, 3.63) is 61.8 Å². The summed E-state index contributed by atoms with van der Waals surface area (Å²) in [7, 11) is 3.92. The second kappa shape index (κ2) is 8.65. The first-order valence-corrected chi connectivity index (χ1v) is 10.5. The Hall–Kier alpha value is -2.22. The molecule has 29 heavy (non-hydrogen) atoms. The number of ketones is 1. The van der Waals surface area contributed by atoms with Crippen LogP contribution in [-0.4, -0.2) is 58.8 Å². The maximum absolute atomic E-state index is 13.4. The van der Waals surface area contributed by atoms with E-state index in [9.17, 15) is 14.7 Å². The van der Waals surface area contributed by atoms with Gasteiger partial charge in [0.2, 0.25) is 5.78 Å². The van der Waals surface area contributed by atoms with Crippen molar-refractivity contribution in [2.75, 3.05) is 27.2 Å². The predicted molar refractivity (Wildman–Crippen MR) is 115 cm³/mol. The summed E-state index contributed by atoms with van der Waals surface area (Å²) in [4.78, 5) is 34.6. The highest BCUT2D eigenvalue weighted by Gasteiger charge is 2.44. The third-order valence-corrected chi connectivity index (χ3v) is 6.17. The first-order chi connectivity index (χ1) is 13.7. The van der Waals surface area contributed by atoms with Gasteiger partial charge in [-0.15, -0.1) is 11.3 Å². The number of halogens is 1. The minimum atomic E-state index is -0.656. The monoisotopic (exact) mass is 433 g/mol. The highest BCUT2D eigenvalue weighted by atomic mass is 35.5. The Kier molecular flexibility index (Phi) is 6.41. The molecule has 2 heterocycles. The Balaban J connectivity index is 2.03. The molecule has 1 N–H and O–H groups in total. The summed E-state index contributed by atoms with van der Waals surface area (Å²) in [5.41, 5.74) is 1.44. The molecule has 1 aliphatic heterocycles. The summed E-state index contributed by atoms with van der Waals surface area (Å²) in [5.74, 6) is -1.36. The molecular weight excluding hydrogens is 410 g/mol. The van der Waals surface area contributed by atoms with Crippen molar-refractivity contribution in [2.24, 2.45) is 0 Å². The molecule has 0 fully saturated rings. The van der Waals surface area contributed by atoms with E-state index in [0.29, 0.717) is 22.1 Å². The predicted octanol–water partition coefficient (Wildman–Crippen LogP) is 3.94. The maximum atomic E-state index is 13.4. The van der Waals surface area contributed by atoms with E-state index in [2.05, 4.69) is 4.98 Å². The number of nitrogens with zero attached hydrogens (tertiary/aromatic N) is 3. The Morgan fingerprint density at radius 2 is 1.93 bits per heavy atom. The van der Waals surface area contributed by atoms with Gasteiger partial charge in [0.15, 0.2) is 5.76 Å². The summed E-state index contributed by atoms with van der Waals surface area (Å²) in [6, 6.07) is 6.36. The highest BCUT2D eigenvalue weighted by molar-refractivity contribution is 7.14. The molecule has 0 aliphatic carbocycles. The smallest absolute Gasteiger partial charge is 0.290 e. The van der Waals surface area contributed by atoms with Crippen LogP contribution in [0, 0.1) is 13.8 Å². The topological polar surface area (TPSA) is 73.7 Å². The standard InChI is InChI=1S/C21H24ClN3O3S/c1-12-20(29-13(2)23-12)18(26)16-17(14-6-8-15(22)9-7-14)25(21(28)19(16)27)11-5-10-24(3)4/h6-9,17,27H,5,10-11H2,1-4H3/t17-/m0/s1. The highest BCUT2D eigenvalue weighted by Crippen LogP contribution is 2.40. The van der Waals surface area contributed by atoms with Gasteiger partial charge in [0.25, 0.3) is 5.91 Å². The van der Waals surface area contributed by atoms with Crippen molar-refractivity contribution >= 4 is 34.6 Å². The van der Waals surface area contributed by atoms with Crippen molar-refractivity contribution in [2.45, 2.75) is 26.3 Å². The average Bonchev–Trinajstić information content (AvgIpc) is 3.12. The van der Waals surface area contributed by atoms with Gasteiger partial charge in [0, 0.05) is 11.6 Å². The van der Waals surface area contributed by atoms with Gasteiger partial charge in [-0.05, 0) is 58.6 Å². The molecule has 6 nitrogen and oxygen atoms in total. The van der Waals surface area contributed by atoms with Crippen LogP contribution in [0.25, 0.3) is 0 Å². The number of aliphatic hydroxyl groups is 1. The first-order valence-electron chi connectivity index (χ1n) is 9.33. The maximum Gasteiger partial charge on any atom is 0.290 e. The molecule has 3 rings (SSSR count). The van der Waals surface area contributed by atoms with Gasteiger partial charge in [-0.2, -0.15) is 0 Å². The van der Waals surface area contributed by atoms with Crippen molar-refractivity contribution in [1.82, 2.24) is 14.8 Å². The number of carbonyl (C=O) groups excluding carboxylic acids is 2. The molecule has 1 aromatic carbocycles. The fourth-order valence-electron chi connectivity index (χ4n) is 3.53. The third kappa shape index (κ3) is 4.37. The van der Waals surface area contributed by atoms with Crippen LogP contribution >= 0.6 is 22.9 Å². The summed E-state index contributed by atoms with van der Waals surface area (Å²) >= 11 is 7.30. The van der Waals surface area contributed by atoms with Gasteiger partial charge >= 0.3 is 0 Å². The number of hydrogen-bond acceptors (Lipinski definition) is 6. The molecule has 154 valence electrons. The van der Waals surface area contributed by atoms with Crippen LogP contribution in [0.5, 0.6) is 0 Å². The van der Waals surface area contributed by atoms with Crippen LogP contribution in [0.1, 0.15) is 38.4 Å². The van der Waals surface area contributed by atoms with Crippen LogP contribution in [0.4, 0.5) is 0 Å². The van der Waals surface area contributed by atoms with Crippen LogP contribution in [0.3, 0.4) is 0 Å². The van der Waals surface area contributed by atoms with Gasteiger partial charge < -0.3 is 14.9 Å². The zero-order valence-corrected chi connectivity index (χ0v) is 18.5. The van der Waals surface area contributed by atoms with Crippen molar-refractivity contribution in [3.8, 4) is 0 Å². The van der Waals surface area contributed by atoms with E-state index in [-0.39, 0.29) is 11.4 Å². The number of aromatic nitrogens is 1. The van der Waals surface area contributed by atoms with Crippen molar-refractivity contribution < 1.29 is 14.7 Å². The minimum Gasteiger partial charge on any atom is -0.503 e. The lowest BCUT2D eigenvalue weighted by atomic mass is 9.95. The molecule has 2 aromatic rings. The van der Waals surface area contributed by atoms with Gasteiger partial charge in [0.1, 0.15) is 0 Å². The molecule has 0 radical (unpaired) electrons. The Labute approximate surface area is 179 Å². The van der Waals surface area contributed by atoms with Crippen LogP contribution < -0.4 is 0 Å². The van der Waals surface area contributed by atoms with Gasteiger partial charge in [-0.3, -0.25) is 9.59 Å². The first kappa shape index (κ1) is 21.5. The fraction of sp³-hybridized carbons (Fsp3) is 0.381. The second-order valence-corrected chi connectivity index (χ2v) is 8.99. The Morgan fingerprint density at radius 1 is 1.28 bits per heavy atom. The molecule has 1 aliphatic rings. The summed E-state index contributed by atoms with van der Waals surface area (Å²) < 4.78 is 0. The normalized spacial score (nSPS) is 17.0. The molecule has 0 bridgehead atoms. The summed E-state index contributed by atoms with van der Waals surface area (Å²) in [5, 5.41) is 12.0. The average molecular weight is 434 g/mol. The largest absolute Gasteiger partial charge is 0.503 e. The van der Waals surface area contributed by atoms with Gasteiger partial charge in [0.05, 0.1) is 27.2 Å². The molecule has 8 heteroatoms. The van der Waals surface area contributed by atoms with E-state index in [4.69, 9.17) is 11.6 Å². The SMILES string of the molecule is Cc1nc(C)c(C(=O)C2=C(O)C(=O)N(CCCN(C)C)[C@H]2c2ccc(Cl)cc2)s1. The summed E-state index contributed by atoms with van der Waals surface area (Å²) in [6.45, 7) is 4.80. The second-order valence-electron chi connectivity index (χ2n) is 7.35. The number of thiazole rings is 1.